The van der Waals surface area contributed by atoms with Crippen LogP contribution in [0.4, 0.5) is 5.69 Å². The minimum Gasteiger partial charge on any atom is -0.506 e. The van der Waals surface area contributed by atoms with Gasteiger partial charge in [-0.3, -0.25) is 4.79 Å². The number of hydrogen-bond donors (Lipinski definition) is 2. The van der Waals surface area contributed by atoms with Crippen molar-refractivity contribution >= 4 is 11.5 Å². The van der Waals surface area contributed by atoms with Gasteiger partial charge in [0.1, 0.15) is 5.75 Å². The molecule has 2 rings (SSSR count). The fraction of sp³-hybridized carbons (Fsp3) is 0.250. The van der Waals surface area contributed by atoms with Crippen molar-refractivity contribution in [1.82, 2.24) is 0 Å². The molecule has 78 valence electrons. The van der Waals surface area contributed by atoms with E-state index in [0.717, 1.165) is 18.4 Å². The molecule has 0 radical (unpaired) electrons. The molecular weight excluding hydrogens is 190 g/mol. The van der Waals surface area contributed by atoms with Gasteiger partial charge in [-0.1, -0.05) is 12.1 Å². The summed E-state index contributed by atoms with van der Waals surface area (Å²) in [5, 5.41) is 12.4. The number of aromatic hydroxyl groups is 1. The zero-order chi connectivity index (χ0) is 10.7. The third-order valence-electron chi connectivity index (χ3n) is 2.51. The Morgan fingerprint density at radius 3 is 2.73 bits per heavy atom. The van der Waals surface area contributed by atoms with E-state index >= 15 is 0 Å². The molecule has 15 heavy (non-hydrogen) atoms. The number of rotatable bonds is 2. The van der Waals surface area contributed by atoms with Gasteiger partial charge in [-0.05, 0) is 25.0 Å². The highest BCUT2D eigenvalue weighted by atomic mass is 16.3. The lowest BCUT2D eigenvalue weighted by Crippen LogP contribution is -1.96. The molecule has 0 amide bonds. The van der Waals surface area contributed by atoms with E-state index < -0.39 is 0 Å². The van der Waals surface area contributed by atoms with Crippen molar-refractivity contribution in [3.63, 3.8) is 0 Å². The molecule has 3 heteroatoms. The van der Waals surface area contributed by atoms with E-state index in [2.05, 4.69) is 5.32 Å². The van der Waals surface area contributed by atoms with Crippen LogP contribution in [0, 0.1) is 0 Å². The average Bonchev–Trinajstić information content (AvgIpc) is 2.63. The summed E-state index contributed by atoms with van der Waals surface area (Å²) >= 11 is 0. The number of para-hydroxylation sites is 2. The molecule has 0 unspecified atom stereocenters. The van der Waals surface area contributed by atoms with Crippen LogP contribution in [0.5, 0.6) is 5.75 Å². The van der Waals surface area contributed by atoms with Gasteiger partial charge in [-0.25, -0.2) is 0 Å². The molecule has 1 fully saturated rings. The summed E-state index contributed by atoms with van der Waals surface area (Å²) in [6, 6.07) is 6.97. The van der Waals surface area contributed by atoms with E-state index in [0.29, 0.717) is 12.1 Å². The van der Waals surface area contributed by atoms with E-state index in [1.807, 2.05) is 6.07 Å². The molecule has 1 aromatic carbocycles. The van der Waals surface area contributed by atoms with Gasteiger partial charge in [0.15, 0.2) is 5.78 Å². The molecule has 0 saturated heterocycles. The van der Waals surface area contributed by atoms with Gasteiger partial charge in [0.2, 0.25) is 0 Å². The van der Waals surface area contributed by atoms with Crippen molar-refractivity contribution < 1.29 is 9.90 Å². The SMILES string of the molecule is O=C1CCCC1=CNc1ccccc1O. The van der Waals surface area contributed by atoms with E-state index in [9.17, 15) is 9.90 Å². The lowest BCUT2D eigenvalue weighted by molar-refractivity contribution is -0.114. The summed E-state index contributed by atoms with van der Waals surface area (Å²) in [5.41, 5.74) is 1.45. The smallest absolute Gasteiger partial charge is 0.160 e. The second-order valence-electron chi connectivity index (χ2n) is 3.61. The molecule has 1 aliphatic carbocycles. The zero-order valence-electron chi connectivity index (χ0n) is 8.36. The standard InChI is InChI=1S/C12H13NO2/c14-11-7-3-4-9(11)8-13-10-5-1-2-6-12(10)15/h1-2,5-6,8,13,15H,3-4,7H2. The topological polar surface area (TPSA) is 49.3 Å². The van der Waals surface area contributed by atoms with Crippen LogP contribution >= 0.6 is 0 Å². The molecule has 0 spiro atoms. The van der Waals surface area contributed by atoms with Gasteiger partial charge in [0.25, 0.3) is 0 Å². The van der Waals surface area contributed by atoms with Crippen molar-refractivity contribution in [3.05, 3.63) is 36.0 Å². The van der Waals surface area contributed by atoms with Gasteiger partial charge < -0.3 is 10.4 Å². The maximum atomic E-state index is 11.3. The average molecular weight is 203 g/mol. The highest BCUT2D eigenvalue weighted by Gasteiger charge is 2.16. The fourth-order valence-corrected chi connectivity index (χ4v) is 1.65. The Morgan fingerprint density at radius 2 is 2.07 bits per heavy atom. The van der Waals surface area contributed by atoms with Crippen LogP contribution in [-0.2, 0) is 4.79 Å². The van der Waals surface area contributed by atoms with Crippen LogP contribution in [0.15, 0.2) is 36.0 Å². The number of nitrogens with one attached hydrogen (secondary N) is 1. The van der Waals surface area contributed by atoms with E-state index in [4.69, 9.17) is 0 Å². The number of carbonyl (C=O) groups is 1. The number of benzene rings is 1. The minimum absolute atomic E-state index is 0.194. The number of allylic oxidation sites excluding steroid dienone is 1. The van der Waals surface area contributed by atoms with Crippen molar-refractivity contribution in [2.75, 3.05) is 5.32 Å². The summed E-state index contributed by atoms with van der Waals surface area (Å²) in [5.74, 6) is 0.401. The van der Waals surface area contributed by atoms with Crippen LogP contribution in [0.25, 0.3) is 0 Å². The fourth-order valence-electron chi connectivity index (χ4n) is 1.65. The van der Waals surface area contributed by atoms with Gasteiger partial charge in [0.05, 0.1) is 5.69 Å². The second-order valence-corrected chi connectivity index (χ2v) is 3.61. The number of phenols is 1. The number of ketones is 1. The normalized spacial score (nSPS) is 18.4. The zero-order valence-corrected chi connectivity index (χ0v) is 8.36. The molecule has 3 nitrogen and oxygen atoms in total. The molecule has 0 atom stereocenters. The van der Waals surface area contributed by atoms with Crippen LogP contribution in [0.3, 0.4) is 0 Å². The third-order valence-corrected chi connectivity index (χ3v) is 2.51. The lowest BCUT2D eigenvalue weighted by atomic mass is 10.2. The van der Waals surface area contributed by atoms with Crippen molar-refractivity contribution in [2.24, 2.45) is 0 Å². The van der Waals surface area contributed by atoms with E-state index in [1.165, 1.54) is 0 Å². The van der Waals surface area contributed by atoms with Crippen LogP contribution in [0.1, 0.15) is 19.3 Å². The Bertz CT molecular complexity index is 410. The summed E-state index contributed by atoms with van der Waals surface area (Å²) in [7, 11) is 0. The maximum absolute atomic E-state index is 11.3. The van der Waals surface area contributed by atoms with Crippen molar-refractivity contribution in [1.29, 1.82) is 0 Å². The Kier molecular flexibility index (Phi) is 2.72. The minimum atomic E-state index is 0.194. The molecule has 0 aromatic heterocycles. The first-order valence-corrected chi connectivity index (χ1v) is 5.04. The van der Waals surface area contributed by atoms with Crippen LogP contribution in [0.2, 0.25) is 0 Å². The first-order chi connectivity index (χ1) is 7.27. The van der Waals surface area contributed by atoms with Crippen LogP contribution < -0.4 is 5.32 Å². The second kappa shape index (κ2) is 4.17. The van der Waals surface area contributed by atoms with Gasteiger partial charge >= 0.3 is 0 Å². The monoisotopic (exact) mass is 203 g/mol. The quantitative estimate of drug-likeness (QED) is 0.573. The van der Waals surface area contributed by atoms with E-state index in [1.54, 1.807) is 24.4 Å². The number of hydrogen-bond acceptors (Lipinski definition) is 3. The van der Waals surface area contributed by atoms with Gasteiger partial charge in [-0.15, -0.1) is 0 Å². The molecule has 0 heterocycles. The Labute approximate surface area is 88.4 Å². The molecule has 2 N–H and O–H groups in total. The highest BCUT2D eigenvalue weighted by molar-refractivity contribution is 5.97. The molecule has 1 saturated carbocycles. The Hall–Kier alpha value is -1.77. The van der Waals surface area contributed by atoms with Crippen molar-refractivity contribution in [3.8, 4) is 5.75 Å². The number of Topliss-reactive ketones (excluding diaryl/α,β-unsaturated/α-hetero) is 1. The summed E-state index contributed by atoms with van der Waals surface area (Å²) in [6.07, 6.45) is 4.12. The number of phenolic OH excluding ortho intramolecular Hbond substituents is 1. The molecular formula is C12H13NO2. The first-order valence-electron chi connectivity index (χ1n) is 5.04. The Morgan fingerprint density at radius 1 is 1.27 bits per heavy atom. The molecule has 0 aliphatic heterocycles. The predicted molar refractivity (Wildman–Crippen MR) is 58.7 cm³/mol. The first kappa shape index (κ1) is 9.77. The van der Waals surface area contributed by atoms with Crippen LogP contribution in [-0.4, -0.2) is 10.9 Å². The third kappa shape index (κ3) is 2.18. The lowest BCUT2D eigenvalue weighted by Gasteiger charge is -2.03. The van der Waals surface area contributed by atoms with E-state index in [-0.39, 0.29) is 11.5 Å². The summed E-state index contributed by atoms with van der Waals surface area (Å²) < 4.78 is 0. The summed E-state index contributed by atoms with van der Waals surface area (Å²) in [6.45, 7) is 0. The highest BCUT2D eigenvalue weighted by Crippen LogP contribution is 2.24. The van der Waals surface area contributed by atoms with Gasteiger partial charge in [0, 0.05) is 18.2 Å². The predicted octanol–water partition coefficient (Wildman–Crippen LogP) is 2.44. The molecule has 1 aliphatic rings. The molecule has 0 bridgehead atoms. The van der Waals surface area contributed by atoms with Crippen molar-refractivity contribution in [2.45, 2.75) is 19.3 Å². The number of anilines is 1. The van der Waals surface area contributed by atoms with Gasteiger partial charge in [-0.2, -0.15) is 0 Å². The molecule has 1 aromatic rings. The number of carbonyl (C=O) groups excluding carboxylic acids is 1. The maximum Gasteiger partial charge on any atom is 0.160 e. The summed E-state index contributed by atoms with van der Waals surface area (Å²) in [4.78, 5) is 11.3. The Balaban J connectivity index is 2.10. The largest absolute Gasteiger partial charge is 0.506 e.